The molecule has 36 nitrogen and oxygen atoms in total. The summed E-state index contributed by atoms with van der Waals surface area (Å²) in [5.74, 6) is 0. The third kappa shape index (κ3) is 748. The number of carboxylic acid groups (broad SMARTS) is 24. The van der Waals surface area contributed by atoms with Crippen molar-refractivity contribution in [3.8, 4) is 0 Å². The lowest BCUT2D eigenvalue weighted by molar-refractivity contribution is 0.135. The number of carbonyl (C=O) groups is 12. The van der Waals surface area contributed by atoms with Crippen molar-refractivity contribution >= 4 is 73.9 Å². The lowest BCUT2D eigenvalue weighted by Gasteiger charge is -1.60. The Morgan fingerprint density at radius 3 is 0.140 bits per heavy atom. The van der Waals surface area contributed by atoms with E-state index in [0.29, 0.717) is 0 Å². The molecule has 0 unspecified atom stereocenters. The molecule has 304 valence electrons. The Hall–Kier alpha value is -8.76. The standard InChI is InChI=1S/12CH2O3.2CH4/c12*2-1(3)4;;/h12*(H2,2,3,4);2*1H4. The highest BCUT2D eigenvalue weighted by Gasteiger charge is 1.74. The zero-order chi connectivity index (χ0) is 42.9. The summed E-state index contributed by atoms with van der Waals surface area (Å²) >= 11 is 0. The lowest BCUT2D eigenvalue weighted by atomic mass is 11.5. The molecule has 0 amide bonds. The highest BCUT2D eigenvalue weighted by atomic mass is 16.6. The molecule has 36 heteroatoms. The molecule has 0 aliphatic carbocycles. The zero-order valence-electron chi connectivity index (χ0n) is 21.6. The Balaban J connectivity index is -0.0000000235. The molecule has 0 bridgehead atoms. The molecule has 0 fully saturated rings. The number of hydrogen-bond donors (Lipinski definition) is 24. The van der Waals surface area contributed by atoms with E-state index in [4.69, 9.17) is 180 Å². The molecule has 0 saturated heterocycles. The monoisotopic (exact) mass is 776 g/mol. The summed E-state index contributed by atoms with van der Waals surface area (Å²) in [6, 6.07) is 0. The van der Waals surface area contributed by atoms with Gasteiger partial charge < -0.3 is 123 Å². The summed E-state index contributed by atoms with van der Waals surface area (Å²) < 4.78 is 0. The Morgan fingerprint density at radius 2 is 0.140 bits per heavy atom. The van der Waals surface area contributed by atoms with Gasteiger partial charge in [0.2, 0.25) is 0 Å². The first-order chi connectivity index (χ1) is 20.8. The number of hydrogen-bond acceptors (Lipinski definition) is 12. The van der Waals surface area contributed by atoms with Crippen LogP contribution in [0.3, 0.4) is 0 Å². The Morgan fingerprint density at radius 1 is 0.140 bits per heavy atom. The molecule has 0 aromatic carbocycles. The van der Waals surface area contributed by atoms with Crippen LogP contribution in [0.15, 0.2) is 0 Å². The van der Waals surface area contributed by atoms with Crippen LogP contribution in [0.4, 0.5) is 57.5 Å². The van der Waals surface area contributed by atoms with Gasteiger partial charge in [0, 0.05) is 0 Å². The summed E-state index contributed by atoms with van der Waals surface area (Å²) in [6.45, 7) is 0. The van der Waals surface area contributed by atoms with Gasteiger partial charge >= 0.3 is 73.9 Å². The van der Waals surface area contributed by atoms with E-state index in [2.05, 4.69) is 0 Å². The van der Waals surface area contributed by atoms with Crippen LogP contribution < -0.4 is 0 Å². The molecule has 0 atom stereocenters. The summed E-state index contributed by atoms with van der Waals surface area (Å²) in [6.07, 6.45) is -22.0. The molecule has 50 heavy (non-hydrogen) atoms. The average molecular weight is 776 g/mol. The van der Waals surface area contributed by atoms with E-state index in [1.807, 2.05) is 0 Å². The molecule has 0 aromatic rings. The normalized spacial score (nSPS) is 5.76. The third-order valence-electron chi connectivity index (χ3n) is 0. The van der Waals surface area contributed by atoms with Crippen molar-refractivity contribution < 1.29 is 180 Å². The molecule has 0 aliphatic rings. The van der Waals surface area contributed by atoms with Crippen LogP contribution in [0.1, 0.15) is 14.9 Å². The van der Waals surface area contributed by atoms with Gasteiger partial charge in [0.05, 0.1) is 0 Å². The average Bonchev–Trinajstić information content (AvgIpc) is 2.61. The summed E-state index contributed by atoms with van der Waals surface area (Å²) in [5, 5.41) is 167. The smallest absolute Gasteiger partial charge is 0.450 e. The van der Waals surface area contributed by atoms with E-state index in [9.17, 15) is 0 Å². The van der Waals surface area contributed by atoms with E-state index >= 15 is 0 Å². The SMILES string of the molecule is C.C.O=C(O)O.O=C(O)O.O=C(O)O.O=C(O)O.O=C(O)O.O=C(O)O.O=C(O)O.O=C(O)O.O=C(O)O.O=C(O)O.O=C(O)O.O=C(O)O. The van der Waals surface area contributed by atoms with Crippen LogP contribution >= 0.6 is 0 Å². The second kappa shape index (κ2) is 83.5. The summed E-state index contributed by atoms with van der Waals surface area (Å²) in [7, 11) is 0. The fraction of sp³-hybridized carbons (Fsp3) is 0.143. The Labute approximate surface area is 270 Å². The van der Waals surface area contributed by atoms with Gasteiger partial charge in [0.15, 0.2) is 0 Å². The van der Waals surface area contributed by atoms with Crippen molar-refractivity contribution in [1.29, 1.82) is 0 Å². The maximum Gasteiger partial charge on any atom is 0.503 e. The van der Waals surface area contributed by atoms with Crippen LogP contribution in [-0.2, 0) is 0 Å². The van der Waals surface area contributed by atoms with E-state index in [1.165, 1.54) is 0 Å². The molecule has 0 spiro atoms. The third-order valence-corrected chi connectivity index (χ3v) is 0. The fourth-order valence-corrected chi connectivity index (χ4v) is 0. The first kappa shape index (κ1) is 90.0. The first-order valence-electron chi connectivity index (χ1n) is 7.82. The van der Waals surface area contributed by atoms with E-state index in [1.54, 1.807) is 0 Å². The molecule has 0 aromatic heterocycles. The van der Waals surface area contributed by atoms with Gasteiger partial charge in [-0.1, -0.05) is 14.9 Å². The van der Waals surface area contributed by atoms with Crippen molar-refractivity contribution in [2.75, 3.05) is 0 Å². The minimum absolute atomic E-state index is 0. The second-order valence-corrected chi connectivity index (χ2v) is 3.39. The van der Waals surface area contributed by atoms with Gasteiger partial charge in [-0.25, -0.2) is 57.5 Å². The van der Waals surface area contributed by atoms with Crippen molar-refractivity contribution in [2.24, 2.45) is 0 Å². The maximum absolute atomic E-state index is 8.56. The van der Waals surface area contributed by atoms with Crippen molar-refractivity contribution in [3.63, 3.8) is 0 Å². The maximum atomic E-state index is 8.56. The predicted octanol–water partition coefficient (Wildman–Crippen LogP) is 3.94. The van der Waals surface area contributed by atoms with Gasteiger partial charge in [0.25, 0.3) is 0 Å². The molecule has 0 rings (SSSR count). The van der Waals surface area contributed by atoms with Gasteiger partial charge in [-0.2, -0.15) is 0 Å². The van der Waals surface area contributed by atoms with Gasteiger partial charge in [-0.05, 0) is 0 Å². The molecule has 0 radical (unpaired) electrons. The molecular formula is C14H32O36. The highest BCUT2D eigenvalue weighted by Crippen LogP contribution is 1.47. The molecule has 24 N–H and O–H groups in total. The molecule has 0 aliphatic heterocycles. The minimum Gasteiger partial charge on any atom is -0.450 e. The topological polar surface area (TPSA) is 690 Å². The largest absolute Gasteiger partial charge is 0.503 e. The fourth-order valence-electron chi connectivity index (χ4n) is 0. The van der Waals surface area contributed by atoms with Crippen molar-refractivity contribution in [3.05, 3.63) is 0 Å². The summed E-state index contributed by atoms with van der Waals surface area (Å²) in [5.41, 5.74) is 0. The van der Waals surface area contributed by atoms with Gasteiger partial charge in [-0.3, -0.25) is 0 Å². The van der Waals surface area contributed by atoms with E-state index < -0.39 is 73.9 Å². The van der Waals surface area contributed by atoms with Crippen LogP contribution in [0.2, 0.25) is 0 Å². The second-order valence-electron chi connectivity index (χ2n) is 3.39. The van der Waals surface area contributed by atoms with E-state index in [0.717, 1.165) is 0 Å². The van der Waals surface area contributed by atoms with Crippen LogP contribution in [-0.4, -0.2) is 196 Å². The quantitative estimate of drug-likeness (QED) is 0.165. The Bertz CT molecular complexity index is 577. The molecular weight excluding hydrogens is 744 g/mol. The predicted molar refractivity (Wildman–Crippen MR) is 141 cm³/mol. The van der Waals surface area contributed by atoms with Crippen molar-refractivity contribution in [2.45, 2.75) is 14.9 Å². The lowest BCUT2D eigenvalue weighted by Crippen LogP contribution is -1.81. The zero-order valence-corrected chi connectivity index (χ0v) is 21.6. The van der Waals surface area contributed by atoms with E-state index in [-0.39, 0.29) is 14.9 Å². The van der Waals surface area contributed by atoms with Crippen LogP contribution in [0.25, 0.3) is 0 Å². The van der Waals surface area contributed by atoms with Crippen molar-refractivity contribution in [1.82, 2.24) is 0 Å². The first-order valence-corrected chi connectivity index (χ1v) is 7.82. The van der Waals surface area contributed by atoms with Crippen LogP contribution in [0.5, 0.6) is 0 Å². The summed E-state index contributed by atoms with van der Waals surface area (Å²) in [4.78, 5) is 103. The van der Waals surface area contributed by atoms with Gasteiger partial charge in [0.1, 0.15) is 0 Å². The number of rotatable bonds is 0. The minimum atomic E-state index is -1.83. The molecule has 0 heterocycles. The molecule has 0 saturated carbocycles. The van der Waals surface area contributed by atoms with Gasteiger partial charge in [-0.15, -0.1) is 0 Å². The highest BCUT2D eigenvalue weighted by molar-refractivity contribution is 5.55. The Kier molecular flexibility index (Phi) is 150. The van der Waals surface area contributed by atoms with Crippen LogP contribution in [0, 0.1) is 0 Å².